The fourth-order valence-corrected chi connectivity index (χ4v) is 7.71. The first-order valence-corrected chi connectivity index (χ1v) is 25.2. The molecule has 0 heterocycles. The van der Waals surface area contributed by atoms with Crippen molar-refractivity contribution < 1.29 is 38.2 Å². The Balaban J connectivity index is 4.22. The number of quaternary nitrogens is 1. The minimum atomic E-state index is -1.12. The van der Waals surface area contributed by atoms with Gasteiger partial charge in [-0.05, 0) is 38.5 Å². The topological polar surface area (TPSA) is 102 Å². The lowest BCUT2D eigenvalue weighted by Crippen LogP contribution is -2.55. The van der Waals surface area contributed by atoms with Gasteiger partial charge in [-0.1, -0.05) is 199 Å². The Labute approximate surface area is 365 Å². The number of allylic oxidation sites excluding steroid dienone is 2. The van der Waals surface area contributed by atoms with Crippen LogP contribution in [0.5, 0.6) is 0 Å². The van der Waals surface area contributed by atoms with Gasteiger partial charge in [-0.2, -0.15) is 0 Å². The number of hydrogen-bond donors (Lipinski definition) is 0. The standard InChI is InChI=1S/C51H97NO7/c1-6-8-10-12-14-16-18-20-22-24-25-26-28-29-31-33-35-37-39-41-49(53)58-46-47(45-57-44-43-48(51(55)56)52(3,4)5)59-50(54)42-40-38-36-34-32-30-27-23-21-19-17-15-13-11-9-7-2/h23,27,47-48H,6-22,24-26,28-46H2,1-5H3/b27-23-. The summed E-state index contributed by atoms with van der Waals surface area (Å²) in [6.45, 7) is 4.69. The molecule has 8 nitrogen and oxygen atoms in total. The van der Waals surface area contributed by atoms with E-state index in [1.54, 1.807) is 21.1 Å². The Morgan fingerprint density at radius 2 is 0.847 bits per heavy atom. The van der Waals surface area contributed by atoms with Gasteiger partial charge in [0, 0.05) is 19.3 Å². The van der Waals surface area contributed by atoms with Gasteiger partial charge >= 0.3 is 11.9 Å². The Morgan fingerprint density at radius 3 is 1.22 bits per heavy atom. The van der Waals surface area contributed by atoms with Gasteiger partial charge in [0.05, 0.1) is 40.3 Å². The number of carboxylic acids is 1. The van der Waals surface area contributed by atoms with Crippen LogP contribution in [0.3, 0.4) is 0 Å². The van der Waals surface area contributed by atoms with Gasteiger partial charge in [0.15, 0.2) is 6.10 Å². The molecule has 0 radical (unpaired) electrons. The van der Waals surface area contributed by atoms with E-state index in [4.69, 9.17) is 14.2 Å². The predicted molar refractivity (Wildman–Crippen MR) is 245 cm³/mol. The molecule has 348 valence electrons. The molecule has 2 unspecified atom stereocenters. The summed E-state index contributed by atoms with van der Waals surface area (Å²) in [6.07, 6.45) is 46.6. The molecule has 0 spiro atoms. The van der Waals surface area contributed by atoms with Crippen molar-refractivity contribution >= 4 is 17.9 Å². The van der Waals surface area contributed by atoms with Gasteiger partial charge in [0.25, 0.3) is 0 Å². The summed E-state index contributed by atoms with van der Waals surface area (Å²) in [7, 11) is 5.42. The molecule has 0 aliphatic rings. The molecule has 0 aliphatic heterocycles. The first-order valence-electron chi connectivity index (χ1n) is 25.2. The lowest BCUT2D eigenvalue weighted by atomic mass is 10.0. The Hall–Kier alpha value is -1.93. The molecule has 59 heavy (non-hydrogen) atoms. The average Bonchev–Trinajstić information content (AvgIpc) is 3.19. The second-order valence-electron chi connectivity index (χ2n) is 18.4. The van der Waals surface area contributed by atoms with Gasteiger partial charge in [0.2, 0.25) is 0 Å². The van der Waals surface area contributed by atoms with Gasteiger partial charge in [-0.3, -0.25) is 9.59 Å². The number of carboxylic acid groups (broad SMARTS) is 1. The number of rotatable bonds is 46. The van der Waals surface area contributed by atoms with E-state index in [2.05, 4.69) is 26.0 Å². The fourth-order valence-electron chi connectivity index (χ4n) is 7.71. The maximum atomic E-state index is 12.8. The van der Waals surface area contributed by atoms with E-state index >= 15 is 0 Å². The molecular weight excluding hydrogens is 739 g/mol. The van der Waals surface area contributed by atoms with E-state index in [0.29, 0.717) is 12.8 Å². The van der Waals surface area contributed by atoms with Crippen LogP contribution in [-0.2, 0) is 28.6 Å². The van der Waals surface area contributed by atoms with Gasteiger partial charge < -0.3 is 28.6 Å². The SMILES string of the molecule is CCCCCCCCC/C=C\CCCCCCCC(=O)OC(COCCC(C(=O)[O-])[N+](C)(C)C)COC(=O)CCCCCCCCCCCCCCCCCCCCC. The Bertz CT molecular complexity index is 978. The Kier molecular flexibility index (Phi) is 41.3. The van der Waals surface area contributed by atoms with E-state index in [9.17, 15) is 19.5 Å². The molecule has 2 atom stereocenters. The predicted octanol–water partition coefficient (Wildman–Crippen LogP) is 12.9. The van der Waals surface area contributed by atoms with E-state index in [-0.39, 0.29) is 42.7 Å². The number of likely N-dealkylation sites (N-methyl/N-ethyl adjacent to an activating group) is 1. The van der Waals surface area contributed by atoms with Crippen LogP contribution in [0, 0.1) is 0 Å². The van der Waals surface area contributed by atoms with Gasteiger partial charge in [-0.25, -0.2) is 0 Å². The molecule has 0 rings (SSSR count). The van der Waals surface area contributed by atoms with Crippen molar-refractivity contribution in [2.45, 2.75) is 257 Å². The summed E-state index contributed by atoms with van der Waals surface area (Å²) in [6, 6.07) is -0.723. The molecule has 8 heteroatoms. The van der Waals surface area contributed by atoms with Crippen molar-refractivity contribution in [2.75, 3.05) is 41.0 Å². The third kappa shape index (κ3) is 41.2. The highest BCUT2D eigenvalue weighted by Crippen LogP contribution is 2.16. The molecule has 0 aromatic carbocycles. The summed E-state index contributed by atoms with van der Waals surface area (Å²) < 4.78 is 17.2. The lowest BCUT2D eigenvalue weighted by molar-refractivity contribution is -0.889. The number of esters is 2. The van der Waals surface area contributed by atoms with Gasteiger partial charge in [0.1, 0.15) is 12.6 Å². The zero-order valence-electron chi connectivity index (χ0n) is 39.7. The first-order chi connectivity index (χ1) is 28.6. The van der Waals surface area contributed by atoms with Crippen molar-refractivity contribution in [3.63, 3.8) is 0 Å². The normalized spacial score (nSPS) is 12.9. The van der Waals surface area contributed by atoms with Crippen LogP contribution in [0.4, 0.5) is 0 Å². The average molecular weight is 836 g/mol. The molecule has 0 saturated carbocycles. The minimum absolute atomic E-state index is 0.0433. The van der Waals surface area contributed by atoms with Gasteiger partial charge in [-0.15, -0.1) is 0 Å². The largest absolute Gasteiger partial charge is 0.544 e. The van der Waals surface area contributed by atoms with Crippen molar-refractivity contribution in [2.24, 2.45) is 0 Å². The molecule has 0 N–H and O–H groups in total. The zero-order chi connectivity index (χ0) is 43.5. The highest BCUT2D eigenvalue weighted by Gasteiger charge is 2.25. The molecule has 0 aromatic heterocycles. The first kappa shape index (κ1) is 57.1. The molecule has 0 amide bonds. The van der Waals surface area contributed by atoms with Crippen molar-refractivity contribution in [3.05, 3.63) is 12.2 Å². The summed E-state index contributed by atoms with van der Waals surface area (Å²) in [5, 5.41) is 11.6. The highest BCUT2D eigenvalue weighted by atomic mass is 16.6. The molecule has 0 aliphatic carbocycles. The summed E-state index contributed by atoms with van der Waals surface area (Å²) in [5.74, 6) is -1.73. The van der Waals surface area contributed by atoms with Crippen LogP contribution < -0.4 is 5.11 Å². The molecule has 0 saturated heterocycles. The van der Waals surface area contributed by atoms with E-state index in [1.807, 2.05) is 0 Å². The highest BCUT2D eigenvalue weighted by molar-refractivity contribution is 5.70. The van der Waals surface area contributed by atoms with Crippen LogP contribution >= 0.6 is 0 Å². The second kappa shape index (κ2) is 42.7. The van der Waals surface area contributed by atoms with Crippen molar-refractivity contribution in [1.82, 2.24) is 0 Å². The number of aliphatic carboxylic acids is 1. The monoisotopic (exact) mass is 836 g/mol. The van der Waals surface area contributed by atoms with Crippen molar-refractivity contribution in [1.29, 1.82) is 0 Å². The van der Waals surface area contributed by atoms with E-state index < -0.39 is 18.1 Å². The summed E-state index contributed by atoms with van der Waals surface area (Å²) in [4.78, 5) is 37.0. The number of ether oxygens (including phenoxy) is 3. The lowest BCUT2D eigenvalue weighted by Gasteiger charge is -2.34. The summed E-state index contributed by atoms with van der Waals surface area (Å²) in [5.41, 5.74) is 0. The maximum absolute atomic E-state index is 12.8. The third-order valence-corrected chi connectivity index (χ3v) is 11.7. The fraction of sp³-hybridized carbons (Fsp3) is 0.902. The number of carbonyl (C=O) groups excluding carboxylic acids is 3. The maximum Gasteiger partial charge on any atom is 0.306 e. The van der Waals surface area contributed by atoms with Crippen LogP contribution in [0.15, 0.2) is 12.2 Å². The minimum Gasteiger partial charge on any atom is -0.544 e. The quantitative estimate of drug-likeness (QED) is 0.0260. The van der Waals surface area contributed by atoms with Crippen LogP contribution in [-0.4, -0.2) is 75.5 Å². The Morgan fingerprint density at radius 1 is 0.492 bits per heavy atom. The number of hydrogen-bond acceptors (Lipinski definition) is 7. The zero-order valence-corrected chi connectivity index (χ0v) is 39.7. The number of unbranched alkanes of at least 4 members (excludes halogenated alkanes) is 30. The van der Waals surface area contributed by atoms with Crippen LogP contribution in [0.1, 0.15) is 245 Å². The van der Waals surface area contributed by atoms with Crippen LogP contribution in [0.25, 0.3) is 0 Å². The molecule has 0 aromatic rings. The van der Waals surface area contributed by atoms with E-state index in [0.717, 1.165) is 51.4 Å². The summed E-state index contributed by atoms with van der Waals surface area (Å²) >= 11 is 0. The number of carbonyl (C=O) groups is 3. The third-order valence-electron chi connectivity index (χ3n) is 11.7. The second-order valence-corrected chi connectivity index (χ2v) is 18.4. The number of nitrogens with zero attached hydrogens (tertiary/aromatic N) is 1. The van der Waals surface area contributed by atoms with Crippen molar-refractivity contribution in [3.8, 4) is 0 Å². The van der Waals surface area contributed by atoms with E-state index in [1.165, 1.54) is 161 Å². The molecule has 0 bridgehead atoms. The molecule has 0 fully saturated rings. The smallest absolute Gasteiger partial charge is 0.306 e. The van der Waals surface area contributed by atoms with Crippen LogP contribution in [0.2, 0.25) is 0 Å². The molecular formula is C51H97NO7.